The summed E-state index contributed by atoms with van der Waals surface area (Å²) in [6.45, 7) is 9.61. The van der Waals surface area contributed by atoms with Crippen LogP contribution in [0.4, 0.5) is 5.13 Å². The van der Waals surface area contributed by atoms with Crippen LogP contribution in [0.1, 0.15) is 42.1 Å². The Morgan fingerprint density at radius 1 is 1.15 bits per heavy atom. The van der Waals surface area contributed by atoms with Crippen LogP contribution in [-0.4, -0.2) is 61.8 Å². The summed E-state index contributed by atoms with van der Waals surface area (Å²) in [5, 5.41) is 0.748. The molecule has 0 N–H and O–H groups in total. The zero-order valence-electron chi connectivity index (χ0n) is 19.6. The lowest BCUT2D eigenvalue weighted by atomic mass is 10.2. The lowest BCUT2D eigenvalue weighted by Crippen LogP contribution is -2.43. The standard InChI is InChI=1S/C26H33N3O3S/c1-3-4-5-17-32-22-11-9-21(10-12-22)25(30)29(14-13-28-15-18-31-19-16-28)26-27-24-20(2)7-6-8-23(24)33-26/h6-12H,3-5,13-19H2,1-2H3. The molecule has 0 spiro atoms. The second kappa shape index (κ2) is 11.6. The highest BCUT2D eigenvalue weighted by Gasteiger charge is 2.23. The molecule has 0 aliphatic carbocycles. The van der Waals surface area contributed by atoms with Gasteiger partial charge in [-0.25, -0.2) is 4.98 Å². The fraction of sp³-hybridized carbons (Fsp3) is 0.462. The second-order valence-corrected chi connectivity index (χ2v) is 9.42. The molecule has 3 aromatic rings. The van der Waals surface area contributed by atoms with Crippen molar-refractivity contribution in [1.82, 2.24) is 9.88 Å². The number of anilines is 1. The Hall–Kier alpha value is -2.48. The largest absolute Gasteiger partial charge is 0.494 e. The SMILES string of the molecule is CCCCCOc1ccc(C(=O)N(CCN2CCOCC2)c2nc3c(C)cccc3s2)cc1. The maximum atomic E-state index is 13.6. The predicted octanol–water partition coefficient (Wildman–Crippen LogP) is 5.15. The molecule has 1 aromatic heterocycles. The molecule has 0 unspecified atom stereocenters. The van der Waals surface area contributed by atoms with Crippen LogP contribution in [-0.2, 0) is 4.74 Å². The number of aryl methyl sites for hydroxylation is 1. The summed E-state index contributed by atoms with van der Waals surface area (Å²) >= 11 is 1.57. The molecular formula is C26H33N3O3S. The molecule has 7 heteroatoms. The number of thiazole rings is 1. The Morgan fingerprint density at radius 2 is 1.94 bits per heavy atom. The quantitative estimate of drug-likeness (QED) is 0.386. The van der Waals surface area contributed by atoms with E-state index in [0.717, 1.165) is 72.4 Å². The number of ether oxygens (including phenoxy) is 2. The lowest BCUT2D eigenvalue weighted by Gasteiger charge is -2.29. The monoisotopic (exact) mass is 467 g/mol. The van der Waals surface area contributed by atoms with Crippen LogP contribution in [0.5, 0.6) is 5.75 Å². The van der Waals surface area contributed by atoms with Gasteiger partial charge in [0.05, 0.1) is 30.0 Å². The van der Waals surface area contributed by atoms with Crippen molar-refractivity contribution in [1.29, 1.82) is 0 Å². The molecule has 1 amide bonds. The zero-order valence-corrected chi connectivity index (χ0v) is 20.4. The normalized spacial score (nSPS) is 14.5. The molecule has 6 nitrogen and oxygen atoms in total. The highest BCUT2D eigenvalue weighted by Crippen LogP contribution is 2.31. The zero-order chi connectivity index (χ0) is 23.0. The predicted molar refractivity (Wildman–Crippen MR) is 135 cm³/mol. The first-order valence-corrected chi connectivity index (χ1v) is 12.7. The summed E-state index contributed by atoms with van der Waals surface area (Å²) in [5.41, 5.74) is 2.74. The summed E-state index contributed by atoms with van der Waals surface area (Å²) in [4.78, 5) is 22.6. The van der Waals surface area contributed by atoms with E-state index in [9.17, 15) is 4.79 Å². The number of fused-ring (bicyclic) bond motifs is 1. The van der Waals surface area contributed by atoms with Crippen molar-refractivity contribution in [3.63, 3.8) is 0 Å². The molecule has 0 saturated carbocycles. The smallest absolute Gasteiger partial charge is 0.260 e. The average Bonchev–Trinajstić information content (AvgIpc) is 3.28. The van der Waals surface area contributed by atoms with Crippen LogP contribution in [0, 0.1) is 6.92 Å². The first-order chi connectivity index (χ1) is 16.2. The van der Waals surface area contributed by atoms with Gasteiger partial charge in [0.1, 0.15) is 5.75 Å². The van der Waals surface area contributed by atoms with Crippen molar-refractivity contribution >= 4 is 32.6 Å². The number of carbonyl (C=O) groups is 1. The van der Waals surface area contributed by atoms with E-state index in [-0.39, 0.29) is 5.91 Å². The minimum absolute atomic E-state index is 0.0301. The van der Waals surface area contributed by atoms with Gasteiger partial charge in [0.2, 0.25) is 0 Å². The average molecular weight is 468 g/mol. The summed E-state index contributed by atoms with van der Waals surface area (Å²) in [6.07, 6.45) is 3.38. The topological polar surface area (TPSA) is 54.9 Å². The molecule has 4 rings (SSSR count). The van der Waals surface area contributed by atoms with Gasteiger partial charge >= 0.3 is 0 Å². The molecule has 1 aliphatic heterocycles. The fourth-order valence-electron chi connectivity index (χ4n) is 3.93. The van der Waals surface area contributed by atoms with Crippen molar-refractivity contribution in [3.8, 4) is 5.75 Å². The molecule has 2 aromatic carbocycles. The number of nitrogens with zero attached hydrogens (tertiary/aromatic N) is 3. The number of unbranched alkanes of at least 4 members (excludes halogenated alkanes) is 2. The third-order valence-electron chi connectivity index (χ3n) is 5.95. The molecule has 0 atom stereocenters. The number of para-hydroxylation sites is 1. The maximum absolute atomic E-state index is 13.6. The Balaban J connectivity index is 1.52. The van der Waals surface area contributed by atoms with E-state index in [1.54, 1.807) is 11.3 Å². The van der Waals surface area contributed by atoms with E-state index in [1.165, 1.54) is 6.42 Å². The highest BCUT2D eigenvalue weighted by molar-refractivity contribution is 7.22. The van der Waals surface area contributed by atoms with E-state index >= 15 is 0 Å². The van der Waals surface area contributed by atoms with Gasteiger partial charge in [-0.2, -0.15) is 0 Å². The van der Waals surface area contributed by atoms with Crippen LogP contribution in [0.15, 0.2) is 42.5 Å². The summed E-state index contributed by atoms with van der Waals surface area (Å²) in [7, 11) is 0. The van der Waals surface area contributed by atoms with Gasteiger partial charge in [-0.15, -0.1) is 0 Å². The lowest BCUT2D eigenvalue weighted by molar-refractivity contribution is 0.0391. The molecule has 1 saturated heterocycles. The van der Waals surface area contributed by atoms with Gasteiger partial charge in [0, 0.05) is 31.7 Å². The molecular weight excluding hydrogens is 434 g/mol. The Bertz CT molecular complexity index is 1040. The van der Waals surface area contributed by atoms with E-state index in [4.69, 9.17) is 14.5 Å². The number of hydrogen-bond acceptors (Lipinski definition) is 6. The van der Waals surface area contributed by atoms with Gasteiger partial charge < -0.3 is 9.47 Å². The maximum Gasteiger partial charge on any atom is 0.260 e. The van der Waals surface area contributed by atoms with E-state index in [2.05, 4.69) is 30.9 Å². The van der Waals surface area contributed by atoms with Crippen LogP contribution in [0.3, 0.4) is 0 Å². The molecule has 0 bridgehead atoms. The van der Waals surface area contributed by atoms with Crippen molar-refractivity contribution in [2.24, 2.45) is 0 Å². The molecule has 33 heavy (non-hydrogen) atoms. The first-order valence-electron chi connectivity index (χ1n) is 11.9. The van der Waals surface area contributed by atoms with E-state index in [0.29, 0.717) is 18.7 Å². The molecule has 1 aliphatic rings. The van der Waals surface area contributed by atoms with Gasteiger partial charge in [-0.1, -0.05) is 43.2 Å². The minimum Gasteiger partial charge on any atom is -0.494 e. The van der Waals surface area contributed by atoms with Crippen molar-refractivity contribution in [2.75, 3.05) is 50.9 Å². The molecule has 0 radical (unpaired) electrons. The van der Waals surface area contributed by atoms with Crippen LogP contribution in [0.2, 0.25) is 0 Å². The van der Waals surface area contributed by atoms with E-state index < -0.39 is 0 Å². The third-order valence-corrected chi connectivity index (χ3v) is 6.99. The van der Waals surface area contributed by atoms with Gasteiger partial charge in [0.15, 0.2) is 5.13 Å². The summed E-state index contributed by atoms with van der Waals surface area (Å²) in [6, 6.07) is 13.7. The van der Waals surface area contributed by atoms with Gasteiger partial charge in [0.25, 0.3) is 5.91 Å². The second-order valence-electron chi connectivity index (χ2n) is 8.41. The summed E-state index contributed by atoms with van der Waals surface area (Å²) in [5.74, 6) is 0.774. The Morgan fingerprint density at radius 3 is 2.67 bits per heavy atom. The van der Waals surface area contributed by atoms with E-state index in [1.807, 2.05) is 35.2 Å². The molecule has 176 valence electrons. The minimum atomic E-state index is -0.0301. The number of hydrogen-bond donors (Lipinski definition) is 0. The van der Waals surface area contributed by atoms with Crippen LogP contribution in [0.25, 0.3) is 10.2 Å². The number of rotatable bonds is 10. The Labute approximate surface area is 200 Å². The molecule has 2 heterocycles. The summed E-state index contributed by atoms with van der Waals surface area (Å²) < 4.78 is 12.4. The number of aromatic nitrogens is 1. The van der Waals surface area contributed by atoms with Crippen molar-refractivity contribution < 1.29 is 14.3 Å². The number of carbonyl (C=O) groups excluding carboxylic acids is 1. The Kier molecular flexibility index (Phi) is 8.31. The number of amides is 1. The van der Waals surface area contributed by atoms with Crippen molar-refractivity contribution in [2.45, 2.75) is 33.1 Å². The third kappa shape index (κ3) is 6.10. The highest BCUT2D eigenvalue weighted by atomic mass is 32.1. The van der Waals surface area contributed by atoms with Crippen LogP contribution < -0.4 is 9.64 Å². The van der Waals surface area contributed by atoms with Crippen LogP contribution >= 0.6 is 11.3 Å². The number of benzene rings is 2. The first kappa shape index (κ1) is 23.7. The fourth-order valence-corrected chi connectivity index (χ4v) is 5.00. The number of morpholine rings is 1. The van der Waals surface area contributed by atoms with Gasteiger partial charge in [-0.3, -0.25) is 14.6 Å². The van der Waals surface area contributed by atoms with Gasteiger partial charge in [-0.05, 0) is 49.2 Å². The van der Waals surface area contributed by atoms with Crippen molar-refractivity contribution in [3.05, 3.63) is 53.6 Å². The molecule has 1 fully saturated rings.